The molecule has 0 aromatic rings. The van der Waals surface area contributed by atoms with Crippen molar-refractivity contribution in [2.75, 3.05) is 6.54 Å². The van der Waals surface area contributed by atoms with Crippen LogP contribution in [0.4, 0.5) is 0 Å². The van der Waals surface area contributed by atoms with Crippen LogP contribution in [0.2, 0.25) is 0 Å². The van der Waals surface area contributed by atoms with Gasteiger partial charge in [0.05, 0.1) is 0 Å². The van der Waals surface area contributed by atoms with Crippen LogP contribution in [0.1, 0.15) is 19.3 Å². The number of hydrogen-bond donors (Lipinski definition) is 1. The maximum absolute atomic E-state index is 3.66. The normalized spacial score (nSPS) is 27.8. The van der Waals surface area contributed by atoms with Crippen LogP contribution in [0.25, 0.3) is 0 Å². The molecule has 1 saturated heterocycles. The van der Waals surface area contributed by atoms with Gasteiger partial charge in [0, 0.05) is 6.04 Å². The van der Waals surface area contributed by atoms with Gasteiger partial charge in [-0.1, -0.05) is 12.5 Å². The van der Waals surface area contributed by atoms with E-state index in [1.807, 2.05) is 6.08 Å². The zero-order valence-electron chi connectivity index (χ0n) is 5.77. The molecule has 9 heavy (non-hydrogen) atoms. The number of hydrogen-bond acceptors (Lipinski definition) is 1. The Labute approximate surface area is 57.1 Å². The Hall–Kier alpha value is -0.300. The molecule has 0 aromatic heterocycles. The summed E-state index contributed by atoms with van der Waals surface area (Å²) in [6.45, 7) is 4.83. The molecule has 1 aliphatic heterocycles. The third kappa shape index (κ3) is 2.19. The summed E-state index contributed by atoms with van der Waals surface area (Å²) in [5.41, 5.74) is 0. The van der Waals surface area contributed by atoms with Gasteiger partial charge in [-0.05, 0) is 25.8 Å². The lowest BCUT2D eigenvalue weighted by Gasteiger charge is -2.21. The van der Waals surface area contributed by atoms with Crippen LogP contribution >= 0.6 is 0 Å². The van der Waals surface area contributed by atoms with Crippen LogP contribution in [0, 0.1) is 6.42 Å². The molecular weight excluding hydrogens is 111 g/mol. The zero-order valence-corrected chi connectivity index (χ0v) is 5.77. The van der Waals surface area contributed by atoms with Crippen LogP contribution in [-0.2, 0) is 0 Å². The Morgan fingerprint density at radius 1 is 1.44 bits per heavy atom. The molecule has 1 fully saturated rings. The highest BCUT2D eigenvalue weighted by Gasteiger charge is 2.09. The smallest absolute Gasteiger partial charge is 0.0136 e. The van der Waals surface area contributed by atoms with Crippen LogP contribution in [0.3, 0.4) is 0 Å². The first-order valence-electron chi connectivity index (χ1n) is 3.63. The van der Waals surface area contributed by atoms with Crippen LogP contribution in [0.5, 0.6) is 0 Å². The molecule has 1 atom stereocenters. The van der Waals surface area contributed by atoms with Gasteiger partial charge in [-0.25, -0.2) is 0 Å². The van der Waals surface area contributed by atoms with Crippen LogP contribution in [0.15, 0.2) is 12.7 Å². The predicted octanol–water partition coefficient (Wildman–Crippen LogP) is 1.52. The largest absolute Gasteiger partial charge is 0.313 e. The lowest BCUT2D eigenvalue weighted by atomic mass is 10.2. The highest BCUT2D eigenvalue weighted by Crippen LogP contribution is 2.08. The molecule has 1 rings (SSSR count). The SMILES string of the molecule is C=C[CH][13CH]1CCCCN1. The van der Waals surface area contributed by atoms with Gasteiger partial charge in [0.25, 0.3) is 0 Å². The second-order valence-corrected chi connectivity index (χ2v) is 2.48. The minimum absolute atomic E-state index is 0.608. The topological polar surface area (TPSA) is 12.0 Å². The standard InChI is InChI=1S/C8H14N/c1-2-5-8-6-3-4-7-9-8/h2,5,8-9H,1,3-4,6-7H2/i8+1. The van der Waals surface area contributed by atoms with E-state index in [0.29, 0.717) is 6.04 Å². The van der Waals surface area contributed by atoms with Gasteiger partial charge < -0.3 is 5.32 Å². The van der Waals surface area contributed by atoms with Crippen molar-refractivity contribution in [3.63, 3.8) is 0 Å². The van der Waals surface area contributed by atoms with Gasteiger partial charge in [0.15, 0.2) is 0 Å². The van der Waals surface area contributed by atoms with E-state index in [4.69, 9.17) is 0 Å². The van der Waals surface area contributed by atoms with Crippen molar-refractivity contribution in [3.8, 4) is 0 Å². The highest BCUT2D eigenvalue weighted by molar-refractivity contribution is 4.97. The molecular formula is C8H14N. The molecule has 1 N–H and O–H groups in total. The van der Waals surface area contributed by atoms with Crippen molar-refractivity contribution < 1.29 is 0 Å². The van der Waals surface area contributed by atoms with E-state index in [-0.39, 0.29) is 0 Å². The third-order valence-electron chi connectivity index (χ3n) is 1.72. The molecule has 51 valence electrons. The lowest BCUT2D eigenvalue weighted by molar-refractivity contribution is 0.442. The van der Waals surface area contributed by atoms with E-state index in [1.54, 1.807) is 0 Å². The number of piperidine rings is 1. The molecule has 0 amide bonds. The number of rotatable bonds is 2. The summed E-state index contributed by atoms with van der Waals surface area (Å²) in [4.78, 5) is 0. The molecule has 1 nitrogen and oxygen atoms in total. The third-order valence-corrected chi connectivity index (χ3v) is 1.72. The number of nitrogens with one attached hydrogen (secondary N) is 1. The minimum atomic E-state index is 0.608. The van der Waals surface area contributed by atoms with Crippen molar-refractivity contribution in [2.45, 2.75) is 25.3 Å². The molecule has 0 aliphatic carbocycles. The summed E-state index contributed by atoms with van der Waals surface area (Å²) in [5, 5.41) is 3.39. The predicted molar refractivity (Wildman–Crippen MR) is 40.1 cm³/mol. The Morgan fingerprint density at radius 2 is 2.33 bits per heavy atom. The minimum Gasteiger partial charge on any atom is -0.313 e. The molecule has 0 aromatic carbocycles. The molecule has 1 aliphatic rings. The molecule has 1 heterocycles. The van der Waals surface area contributed by atoms with Crippen molar-refractivity contribution in [1.82, 2.24) is 5.32 Å². The summed E-state index contributed by atoms with van der Waals surface area (Å²) in [7, 11) is 0. The van der Waals surface area contributed by atoms with Crippen molar-refractivity contribution in [1.29, 1.82) is 0 Å². The van der Waals surface area contributed by atoms with E-state index in [0.717, 1.165) is 0 Å². The zero-order chi connectivity index (χ0) is 6.53. The summed E-state index contributed by atoms with van der Waals surface area (Å²) < 4.78 is 0. The Balaban J connectivity index is 2.15. The molecule has 0 bridgehead atoms. The molecule has 0 saturated carbocycles. The van der Waals surface area contributed by atoms with Gasteiger partial charge in [-0.15, -0.1) is 6.58 Å². The van der Waals surface area contributed by atoms with E-state index < -0.39 is 0 Å². The van der Waals surface area contributed by atoms with E-state index in [2.05, 4.69) is 18.3 Å². The fourth-order valence-electron chi connectivity index (χ4n) is 1.21. The van der Waals surface area contributed by atoms with Gasteiger partial charge in [-0.3, -0.25) is 0 Å². The van der Waals surface area contributed by atoms with Gasteiger partial charge in [-0.2, -0.15) is 0 Å². The molecule has 1 radical (unpaired) electrons. The average Bonchev–Trinajstić information content (AvgIpc) is 1.91. The first kappa shape index (κ1) is 6.81. The second-order valence-electron chi connectivity index (χ2n) is 2.48. The Bertz CT molecular complexity index is 82.6. The maximum atomic E-state index is 3.66. The van der Waals surface area contributed by atoms with E-state index in [1.165, 1.54) is 25.8 Å². The quantitative estimate of drug-likeness (QED) is 0.552. The Morgan fingerprint density at radius 3 is 2.89 bits per heavy atom. The Kier molecular flexibility index (Phi) is 2.78. The van der Waals surface area contributed by atoms with Crippen molar-refractivity contribution in [2.24, 2.45) is 0 Å². The van der Waals surface area contributed by atoms with Gasteiger partial charge >= 0.3 is 0 Å². The average molecular weight is 125 g/mol. The van der Waals surface area contributed by atoms with Crippen molar-refractivity contribution >= 4 is 0 Å². The highest BCUT2D eigenvalue weighted by atomic mass is 15.1. The van der Waals surface area contributed by atoms with Gasteiger partial charge in [0.2, 0.25) is 0 Å². The van der Waals surface area contributed by atoms with E-state index >= 15 is 0 Å². The van der Waals surface area contributed by atoms with Crippen molar-refractivity contribution in [3.05, 3.63) is 19.1 Å². The van der Waals surface area contributed by atoms with Gasteiger partial charge in [0.1, 0.15) is 0 Å². The summed E-state index contributed by atoms with van der Waals surface area (Å²) in [6.07, 6.45) is 8.00. The monoisotopic (exact) mass is 125 g/mol. The summed E-state index contributed by atoms with van der Waals surface area (Å²) in [5.74, 6) is 0. The molecule has 1 unspecified atom stereocenters. The van der Waals surface area contributed by atoms with Crippen LogP contribution in [-0.4, -0.2) is 12.6 Å². The first-order valence-corrected chi connectivity index (χ1v) is 3.63. The lowest BCUT2D eigenvalue weighted by Crippen LogP contribution is -2.33. The summed E-state index contributed by atoms with van der Waals surface area (Å²) >= 11 is 0. The second kappa shape index (κ2) is 3.67. The maximum Gasteiger partial charge on any atom is 0.0136 e. The first-order chi connectivity index (χ1) is 4.43. The molecule has 1 heteroatoms. The summed E-state index contributed by atoms with van der Waals surface area (Å²) in [6, 6.07) is 0.608. The fraction of sp³-hybridized carbons (Fsp3) is 0.625. The fourth-order valence-corrected chi connectivity index (χ4v) is 1.21. The van der Waals surface area contributed by atoms with Crippen LogP contribution < -0.4 is 5.32 Å². The molecule has 0 spiro atoms. The van der Waals surface area contributed by atoms with E-state index in [9.17, 15) is 0 Å².